The highest BCUT2D eigenvalue weighted by molar-refractivity contribution is 7.99. The van der Waals surface area contributed by atoms with Gasteiger partial charge in [-0.05, 0) is 54.8 Å². The van der Waals surface area contributed by atoms with Crippen LogP contribution in [0.4, 0.5) is 5.69 Å². The maximum atomic E-state index is 13.1. The third-order valence-electron chi connectivity index (χ3n) is 5.30. The molecule has 0 radical (unpaired) electrons. The van der Waals surface area contributed by atoms with Gasteiger partial charge in [-0.2, -0.15) is 0 Å². The fourth-order valence-corrected chi connectivity index (χ4v) is 4.85. The number of aromatic carboxylic acids is 1. The topological polar surface area (TPSA) is 126 Å². The zero-order chi connectivity index (χ0) is 27.8. The van der Waals surface area contributed by atoms with Crippen LogP contribution in [-0.4, -0.2) is 43.4 Å². The molecule has 2 aromatic carbocycles. The van der Waals surface area contributed by atoms with E-state index >= 15 is 0 Å². The third-order valence-corrected chi connectivity index (χ3v) is 6.82. The number of anilines is 1. The molecule has 0 spiro atoms. The number of nitrogens with zero attached hydrogens (tertiary/aromatic N) is 3. The van der Waals surface area contributed by atoms with Crippen molar-refractivity contribution in [3.05, 3.63) is 82.1 Å². The van der Waals surface area contributed by atoms with E-state index < -0.39 is 12.0 Å². The largest absolute Gasteiger partial charge is 0.478 e. The summed E-state index contributed by atoms with van der Waals surface area (Å²) in [6, 6.07) is 10.1. The number of carboxylic acid groups (broad SMARTS) is 1. The Balaban J connectivity index is 1.76. The Kier molecular flexibility index (Phi) is 10.3. The van der Waals surface area contributed by atoms with Gasteiger partial charge in [-0.25, -0.2) is 4.79 Å². The number of allylic oxidation sites excluding steroid dienone is 1. The lowest BCUT2D eigenvalue weighted by Gasteiger charge is -2.21. The van der Waals surface area contributed by atoms with E-state index in [1.54, 1.807) is 18.2 Å². The summed E-state index contributed by atoms with van der Waals surface area (Å²) in [5.41, 5.74) is 0.903. The fraction of sp³-hybridized carbons (Fsp3) is 0.269. The second-order valence-corrected chi connectivity index (χ2v) is 10.5. The molecular weight excluding hydrogens is 549 g/mol. The van der Waals surface area contributed by atoms with Gasteiger partial charge in [0.1, 0.15) is 0 Å². The summed E-state index contributed by atoms with van der Waals surface area (Å²) in [5.74, 6) is -0.907. The predicted molar refractivity (Wildman–Crippen MR) is 149 cm³/mol. The Morgan fingerprint density at radius 2 is 1.84 bits per heavy atom. The summed E-state index contributed by atoms with van der Waals surface area (Å²) < 4.78 is 1.81. The van der Waals surface area contributed by atoms with Crippen molar-refractivity contribution in [2.75, 3.05) is 11.1 Å². The van der Waals surface area contributed by atoms with Crippen molar-refractivity contribution in [2.45, 2.75) is 38.0 Å². The molecule has 12 heteroatoms. The quantitative estimate of drug-likeness (QED) is 0.186. The van der Waals surface area contributed by atoms with Crippen molar-refractivity contribution in [1.82, 2.24) is 20.1 Å². The number of hydrogen-bond donors (Lipinski definition) is 3. The summed E-state index contributed by atoms with van der Waals surface area (Å²) in [5, 5.41) is 24.5. The maximum Gasteiger partial charge on any atom is 0.335 e. The number of thioether (sulfide) groups is 1. The average Bonchev–Trinajstić information content (AvgIpc) is 3.25. The lowest BCUT2D eigenvalue weighted by Crippen LogP contribution is -2.32. The standard InChI is InChI=1S/C26H27Cl2N5O4S/c1-4-11-33-23(21(12-15(2)3)30-24(35)19-10-7-17(27)13-20(19)28)31-32-26(33)38-14-22(34)29-18-8-5-16(6-9-18)25(36)37/h4-10,13,15,21H,1,11-12,14H2,2-3H3,(H,29,34)(H,30,35)(H,36,37)/t21-/m1/s1. The molecule has 0 saturated heterocycles. The smallest absolute Gasteiger partial charge is 0.335 e. The average molecular weight is 577 g/mol. The third kappa shape index (κ3) is 7.83. The van der Waals surface area contributed by atoms with Crippen LogP contribution in [0.2, 0.25) is 10.0 Å². The molecule has 1 heterocycles. The summed E-state index contributed by atoms with van der Waals surface area (Å²) in [7, 11) is 0. The summed E-state index contributed by atoms with van der Waals surface area (Å²) >= 11 is 13.4. The minimum absolute atomic E-state index is 0.0392. The van der Waals surface area contributed by atoms with Crippen molar-refractivity contribution in [3.8, 4) is 0 Å². The molecule has 0 aliphatic rings. The molecule has 9 nitrogen and oxygen atoms in total. The van der Waals surface area contributed by atoms with Gasteiger partial charge in [-0.15, -0.1) is 16.8 Å². The van der Waals surface area contributed by atoms with E-state index in [0.29, 0.717) is 40.2 Å². The molecule has 0 aliphatic carbocycles. The minimum atomic E-state index is -1.04. The zero-order valence-corrected chi connectivity index (χ0v) is 23.1. The molecule has 0 fully saturated rings. The predicted octanol–water partition coefficient (Wildman–Crippen LogP) is 5.72. The highest BCUT2D eigenvalue weighted by atomic mass is 35.5. The Morgan fingerprint density at radius 1 is 1.13 bits per heavy atom. The number of benzene rings is 2. The molecule has 1 atom stereocenters. The molecule has 2 amide bonds. The van der Waals surface area contributed by atoms with Gasteiger partial charge in [0.05, 0.1) is 27.9 Å². The molecule has 3 rings (SSSR count). The molecule has 0 bridgehead atoms. The van der Waals surface area contributed by atoms with Gasteiger partial charge in [0.2, 0.25) is 5.91 Å². The second kappa shape index (κ2) is 13.5. The molecule has 1 aromatic heterocycles. The van der Waals surface area contributed by atoms with Gasteiger partial charge in [0.15, 0.2) is 11.0 Å². The molecule has 38 heavy (non-hydrogen) atoms. The first-order chi connectivity index (χ1) is 18.1. The molecule has 3 N–H and O–H groups in total. The van der Waals surface area contributed by atoms with E-state index in [0.717, 1.165) is 0 Å². The molecule has 0 saturated carbocycles. The van der Waals surface area contributed by atoms with Crippen molar-refractivity contribution in [2.24, 2.45) is 5.92 Å². The van der Waals surface area contributed by atoms with Gasteiger partial charge >= 0.3 is 5.97 Å². The van der Waals surface area contributed by atoms with Crippen LogP contribution < -0.4 is 10.6 Å². The van der Waals surface area contributed by atoms with Crippen LogP contribution in [0.1, 0.15) is 52.9 Å². The highest BCUT2D eigenvalue weighted by Crippen LogP contribution is 2.27. The Hall–Kier alpha value is -3.34. The molecule has 0 unspecified atom stereocenters. The van der Waals surface area contributed by atoms with Crippen LogP contribution in [-0.2, 0) is 11.3 Å². The SMILES string of the molecule is C=CCn1c(SCC(=O)Nc2ccc(C(=O)O)cc2)nnc1[C@@H](CC(C)C)NC(=O)c1ccc(Cl)cc1Cl. The minimum Gasteiger partial charge on any atom is -0.478 e. The lowest BCUT2D eigenvalue weighted by atomic mass is 10.0. The number of halogens is 2. The molecular formula is C26H27Cl2N5O4S. The van der Waals surface area contributed by atoms with Gasteiger partial charge in [-0.3, -0.25) is 9.59 Å². The van der Waals surface area contributed by atoms with Crippen LogP contribution in [0.5, 0.6) is 0 Å². The van der Waals surface area contributed by atoms with E-state index in [9.17, 15) is 14.4 Å². The van der Waals surface area contributed by atoms with Crippen LogP contribution in [0, 0.1) is 5.92 Å². The van der Waals surface area contributed by atoms with E-state index in [1.165, 1.54) is 42.1 Å². The number of amides is 2. The molecule has 0 aliphatic heterocycles. The zero-order valence-electron chi connectivity index (χ0n) is 20.8. The Labute approximate surface area is 234 Å². The van der Waals surface area contributed by atoms with Gasteiger partial charge in [0, 0.05) is 17.3 Å². The van der Waals surface area contributed by atoms with E-state index in [4.69, 9.17) is 28.3 Å². The first-order valence-electron chi connectivity index (χ1n) is 11.6. The second-order valence-electron chi connectivity index (χ2n) is 8.74. The summed E-state index contributed by atoms with van der Waals surface area (Å²) in [6.07, 6.45) is 2.27. The van der Waals surface area contributed by atoms with Crippen molar-refractivity contribution in [1.29, 1.82) is 0 Å². The first-order valence-corrected chi connectivity index (χ1v) is 13.4. The van der Waals surface area contributed by atoms with Crippen LogP contribution >= 0.6 is 35.0 Å². The Bertz CT molecular complexity index is 1330. The first kappa shape index (κ1) is 29.2. The monoisotopic (exact) mass is 575 g/mol. The van der Waals surface area contributed by atoms with E-state index in [1.807, 2.05) is 18.4 Å². The number of hydrogen-bond acceptors (Lipinski definition) is 6. The maximum absolute atomic E-state index is 13.1. The fourth-order valence-electron chi connectivity index (χ4n) is 3.60. The van der Waals surface area contributed by atoms with Gasteiger partial charge in [-0.1, -0.05) is 54.9 Å². The Morgan fingerprint density at radius 3 is 2.45 bits per heavy atom. The van der Waals surface area contributed by atoms with E-state index in [2.05, 4.69) is 27.4 Å². The highest BCUT2D eigenvalue weighted by Gasteiger charge is 2.25. The van der Waals surface area contributed by atoms with Crippen LogP contribution in [0.3, 0.4) is 0 Å². The lowest BCUT2D eigenvalue weighted by molar-refractivity contribution is -0.113. The number of nitrogens with one attached hydrogen (secondary N) is 2. The van der Waals surface area contributed by atoms with Crippen molar-refractivity contribution >= 4 is 58.4 Å². The van der Waals surface area contributed by atoms with Crippen LogP contribution in [0.15, 0.2) is 60.3 Å². The number of carbonyl (C=O) groups excluding carboxylic acids is 2. The van der Waals surface area contributed by atoms with Gasteiger partial charge in [0.25, 0.3) is 5.91 Å². The number of carboxylic acids is 1. The number of aromatic nitrogens is 3. The van der Waals surface area contributed by atoms with Gasteiger partial charge < -0.3 is 20.3 Å². The number of carbonyl (C=O) groups is 3. The number of rotatable bonds is 12. The summed E-state index contributed by atoms with van der Waals surface area (Å²) in [4.78, 5) is 36.6. The summed E-state index contributed by atoms with van der Waals surface area (Å²) in [6.45, 7) is 8.25. The van der Waals surface area contributed by atoms with Crippen molar-refractivity contribution < 1.29 is 19.5 Å². The molecule has 3 aromatic rings. The van der Waals surface area contributed by atoms with E-state index in [-0.39, 0.29) is 34.1 Å². The van der Waals surface area contributed by atoms with Crippen LogP contribution in [0.25, 0.3) is 0 Å². The normalized spacial score (nSPS) is 11.7. The molecule has 200 valence electrons. The van der Waals surface area contributed by atoms with Crippen molar-refractivity contribution in [3.63, 3.8) is 0 Å².